The Kier molecular flexibility index (Phi) is 6.99. The van der Waals surface area contributed by atoms with E-state index >= 15 is 0 Å². The Labute approximate surface area is 215 Å². The highest BCUT2D eigenvalue weighted by atomic mass is 32.2. The zero-order valence-electron chi connectivity index (χ0n) is 20.3. The van der Waals surface area contributed by atoms with Gasteiger partial charge in [0.25, 0.3) is 0 Å². The van der Waals surface area contributed by atoms with Crippen molar-refractivity contribution in [2.24, 2.45) is 5.73 Å². The molecule has 5 rings (SSSR count). The highest BCUT2D eigenvalue weighted by Crippen LogP contribution is 2.47. The number of allylic oxidation sites excluding steroid dienone is 3. The standard InChI is InChI=1S/C27H31N5OS2/c1-16(2)17-11-13-18(14-12-17)23-20(15-28)25(29)32(21-9-6-10-22(33)24(21)23)26-30-31-27(35-26)34-19-7-4-3-5-8-19/h11-14,16,19,23H,3-10,29H2,1-2H3. The van der Waals surface area contributed by atoms with Crippen molar-refractivity contribution in [3.8, 4) is 6.07 Å². The van der Waals surface area contributed by atoms with Crippen LogP contribution in [0.15, 0.2) is 51.3 Å². The second-order valence-electron chi connectivity index (χ2n) is 9.87. The molecule has 1 aromatic carbocycles. The van der Waals surface area contributed by atoms with Gasteiger partial charge in [0.15, 0.2) is 10.1 Å². The number of nitriles is 1. The van der Waals surface area contributed by atoms with Gasteiger partial charge in [0.2, 0.25) is 5.13 Å². The van der Waals surface area contributed by atoms with Gasteiger partial charge in [-0.05, 0) is 42.7 Å². The first kappa shape index (κ1) is 24.1. The van der Waals surface area contributed by atoms with Gasteiger partial charge in [-0.3, -0.25) is 9.69 Å². The number of Topliss-reactive ketones (excluding diaryl/α,β-unsaturated/α-hetero) is 1. The molecule has 2 aliphatic carbocycles. The fourth-order valence-corrected chi connectivity index (χ4v) is 7.76. The minimum Gasteiger partial charge on any atom is -0.384 e. The summed E-state index contributed by atoms with van der Waals surface area (Å²) in [6.45, 7) is 4.31. The van der Waals surface area contributed by atoms with Crippen LogP contribution in [0.25, 0.3) is 0 Å². The van der Waals surface area contributed by atoms with E-state index in [9.17, 15) is 10.1 Å². The molecule has 8 heteroatoms. The van der Waals surface area contributed by atoms with Crippen LogP contribution in [0.5, 0.6) is 0 Å². The fraction of sp³-hybridized carbons (Fsp3) is 0.481. The molecule has 1 aliphatic heterocycles. The van der Waals surface area contributed by atoms with E-state index in [1.807, 2.05) is 17.0 Å². The van der Waals surface area contributed by atoms with Crippen LogP contribution >= 0.6 is 23.1 Å². The number of hydrogen-bond donors (Lipinski definition) is 1. The van der Waals surface area contributed by atoms with E-state index in [4.69, 9.17) is 5.73 Å². The molecule has 6 nitrogen and oxygen atoms in total. The molecule has 0 bridgehead atoms. The predicted molar refractivity (Wildman–Crippen MR) is 141 cm³/mol. The summed E-state index contributed by atoms with van der Waals surface area (Å²) in [7, 11) is 0. The van der Waals surface area contributed by atoms with Crippen molar-refractivity contribution in [2.75, 3.05) is 4.90 Å². The zero-order chi connectivity index (χ0) is 24.5. The summed E-state index contributed by atoms with van der Waals surface area (Å²) >= 11 is 3.31. The molecule has 0 saturated heterocycles. The molecule has 0 spiro atoms. The SMILES string of the molecule is CC(C)c1ccc(C2C(C#N)=C(N)N(c3nnc(SC4CCCCC4)s3)C3=C2C(=O)CCC3)cc1. The summed E-state index contributed by atoms with van der Waals surface area (Å²) in [4.78, 5) is 15.1. The molecule has 1 aromatic heterocycles. The number of carbonyl (C=O) groups excluding carboxylic acids is 1. The monoisotopic (exact) mass is 505 g/mol. The number of thioether (sulfide) groups is 1. The molecule has 182 valence electrons. The van der Waals surface area contributed by atoms with Crippen LogP contribution in [0.2, 0.25) is 0 Å². The number of hydrogen-bond acceptors (Lipinski definition) is 8. The van der Waals surface area contributed by atoms with Gasteiger partial charge in [0.05, 0.1) is 17.6 Å². The van der Waals surface area contributed by atoms with Gasteiger partial charge < -0.3 is 5.73 Å². The van der Waals surface area contributed by atoms with Crippen molar-refractivity contribution < 1.29 is 4.79 Å². The van der Waals surface area contributed by atoms with Crippen molar-refractivity contribution in [1.82, 2.24) is 10.2 Å². The van der Waals surface area contributed by atoms with Crippen LogP contribution in [0, 0.1) is 11.3 Å². The van der Waals surface area contributed by atoms with Crippen LogP contribution in [-0.2, 0) is 4.79 Å². The van der Waals surface area contributed by atoms with Crippen molar-refractivity contribution >= 4 is 34.0 Å². The average Bonchev–Trinajstić information content (AvgIpc) is 3.32. The first-order valence-electron chi connectivity index (χ1n) is 12.5. The number of rotatable bonds is 5. The molecule has 3 aliphatic rings. The lowest BCUT2D eigenvalue weighted by atomic mass is 9.75. The zero-order valence-corrected chi connectivity index (χ0v) is 21.9. The topological polar surface area (TPSA) is 95.9 Å². The van der Waals surface area contributed by atoms with E-state index in [0.717, 1.165) is 28.4 Å². The summed E-state index contributed by atoms with van der Waals surface area (Å²) in [5.41, 5.74) is 10.8. The van der Waals surface area contributed by atoms with E-state index in [-0.39, 0.29) is 5.78 Å². The van der Waals surface area contributed by atoms with Crippen molar-refractivity contribution in [2.45, 2.75) is 86.6 Å². The second kappa shape index (κ2) is 10.2. The Morgan fingerprint density at radius 3 is 2.54 bits per heavy atom. The largest absolute Gasteiger partial charge is 0.384 e. The summed E-state index contributed by atoms with van der Waals surface area (Å²) in [6.07, 6.45) is 8.28. The third-order valence-electron chi connectivity index (χ3n) is 7.26. The van der Waals surface area contributed by atoms with Crippen LogP contribution < -0.4 is 10.6 Å². The number of carbonyl (C=O) groups is 1. The molecule has 1 atom stereocenters. The van der Waals surface area contributed by atoms with Gasteiger partial charge in [-0.1, -0.05) is 80.5 Å². The van der Waals surface area contributed by atoms with Gasteiger partial charge in [0, 0.05) is 22.9 Å². The van der Waals surface area contributed by atoms with Crippen LogP contribution in [-0.4, -0.2) is 21.2 Å². The van der Waals surface area contributed by atoms with Crippen molar-refractivity contribution in [3.05, 3.63) is 58.1 Å². The number of ketones is 1. The van der Waals surface area contributed by atoms with E-state index in [1.54, 1.807) is 11.8 Å². The number of benzene rings is 1. The fourth-order valence-electron chi connectivity index (χ4n) is 5.38. The molecule has 2 aromatic rings. The quantitative estimate of drug-likeness (QED) is 0.503. The molecule has 1 unspecified atom stereocenters. The number of nitrogens with zero attached hydrogens (tertiary/aromatic N) is 4. The summed E-state index contributed by atoms with van der Waals surface area (Å²) < 4.78 is 0.925. The Bertz CT molecular complexity index is 1210. The molecule has 2 N–H and O–H groups in total. The van der Waals surface area contributed by atoms with Crippen LogP contribution in [0.4, 0.5) is 5.13 Å². The van der Waals surface area contributed by atoms with E-state index in [1.165, 1.54) is 49.0 Å². The summed E-state index contributed by atoms with van der Waals surface area (Å²) in [5.74, 6) is 0.426. The maximum atomic E-state index is 13.3. The smallest absolute Gasteiger partial charge is 0.219 e. The highest BCUT2D eigenvalue weighted by Gasteiger charge is 2.41. The number of nitrogens with two attached hydrogens (primary N) is 1. The second-order valence-corrected chi connectivity index (χ2v) is 12.4. The predicted octanol–water partition coefficient (Wildman–Crippen LogP) is 6.39. The minimum atomic E-state index is -0.440. The first-order valence-corrected chi connectivity index (χ1v) is 14.2. The first-order chi connectivity index (χ1) is 17.0. The van der Waals surface area contributed by atoms with E-state index in [0.29, 0.717) is 39.7 Å². The number of aromatic nitrogens is 2. The molecule has 2 heterocycles. The highest BCUT2D eigenvalue weighted by molar-refractivity contribution is 8.01. The van der Waals surface area contributed by atoms with Gasteiger partial charge in [-0.2, -0.15) is 5.26 Å². The molecule has 0 amide bonds. The minimum absolute atomic E-state index is 0.0933. The normalized spacial score (nSPS) is 21.5. The van der Waals surface area contributed by atoms with Gasteiger partial charge in [-0.15, -0.1) is 10.2 Å². The van der Waals surface area contributed by atoms with E-state index in [2.05, 4.69) is 42.2 Å². The lowest BCUT2D eigenvalue weighted by Crippen LogP contribution is -2.38. The van der Waals surface area contributed by atoms with E-state index < -0.39 is 5.92 Å². The Balaban J connectivity index is 1.54. The molecule has 35 heavy (non-hydrogen) atoms. The summed E-state index contributed by atoms with van der Waals surface area (Å²) in [5, 5.41) is 20.4. The number of anilines is 1. The molecule has 1 saturated carbocycles. The summed E-state index contributed by atoms with van der Waals surface area (Å²) in [6, 6.07) is 10.6. The molecular weight excluding hydrogens is 474 g/mol. The van der Waals surface area contributed by atoms with Crippen molar-refractivity contribution in [1.29, 1.82) is 5.26 Å². The van der Waals surface area contributed by atoms with Gasteiger partial charge in [0.1, 0.15) is 5.82 Å². The Morgan fingerprint density at radius 2 is 1.86 bits per heavy atom. The van der Waals surface area contributed by atoms with Crippen LogP contribution in [0.3, 0.4) is 0 Å². The van der Waals surface area contributed by atoms with Gasteiger partial charge in [-0.25, -0.2) is 0 Å². The van der Waals surface area contributed by atoms with Crippen molar-refractivity contribution in [3.63, 3.8) is 0 Å². The Hall–Kier alpha value is -2.63. The maximum Gasteiger partial charge on any atom is 0.219 e. The van der Waals surface area contributed by atoms with Gasteiger partial charge >= 0.3 is 0 Å². The lowest BCUT2D eigenvalue weighted by Gasteiger charge is -2.38. The third-order valence-corrected chi connectivity index (χ3v) is 9.59. The molecule has 0 radical (unpaired) electrons. The lowest BCUT2D eigenvalue weighted by molar-refractivity contribution is -0.116. The van der Waals surface area contributed by atoms with Crippen LogP contribution in [0.1, 0.15) is 88.2 Å². The Morgan fingerprint density at radius 1 is 1.11 bits per heavy atom. The molecule has 1 fully saturated rings. The maximum absolute atomic E-state index is 13.3. The third kappa shape index (κ3) is 4.64. The molecular formula is C27H31N5OS2. The average molecular weight is 506 g/mol.